The van der Waals surface area contributed by atoms with Gasteiger partial charge in [-0.05, 0) is 55.7 Å². The lowest BCUT2D eigenvalue weighted by molar-refractivity contribution is -0.116. The van der Waals surface area contributed by atoms with Crippen LogP contribution in [0.2, 0.25) is 0 Å². The molecule has 11 heteroatoms. The number of rotatable bonds is 10. The number of hydrogen-bond acceptors (Lipinski definition) is 6. The van der Waals surface area contributed by atoms with E-state index in [0.717, 1.165) is 5.56 Å². The molecule has 1 fully saturated rings. The number of sulfonamides is 2. The monoisotopic (exact) mass is 523 g/mol. The highest BCUT2D eigenvalue weighted by Gasteiger charge is 2.28. The van der Waals surface area contributed by atoms with Crippen molar-refractivity contribution >= 4 is 31.6 Å². The van der Waals surface area contributed by atoms with Gasteiger partial charge in [0, 0.05) is 25.3 Å². The molecule has 1 heterocycles. The van der Waals surface area contributed by atoms with Crippen LogP contribution in [0.1, 0.15) is 25.8 Å². The van der Waals surface area contributed by atoms with Gasteiger partial charge in [-0.2, -0.15) is 8.61 Å². The van der Waals surface area contributed by atoms with Crippen LogP contribution in [-0.2, 0) is 29.6 Å². The molecule has 1 saturated heterocycles. The molecule has 0 atom stereocenters. The van der Waals surface area contributed by atoms with E-state index in [4.69, 9.17) is 4.74 Å². The zero-order valence-corrected chi connectivity index (χ0v) is 21.9. The van der Waals surface area contributed by atoms with Crippen LogP contribution < -0.4 is 5.32 Å². The molecule has 0 spiro atoms. The van der Waals surface area contributed by atoms with Crippen LogP contribution in [0.4, 0.5) is 5.69 Å². The summed E-state index contributed by atoms with van der Waals surface area (Å²) in [5.74, 6) is -0.247. The Morgan fingerprint density at radius 2 is 1.54 bits per heavy atom. The summed E-state index contributed by atoms with van der Waals surface area (Å²) in [5, 5.41) is 2.68. The minimum atomic E-state index is -3.86. The molecular formula is C24H33N3O6S2. The maximum atomic E-state index is 13.2. The van der Waals surface area contributed by atoms with E-state index >= 15 is 0 Å². The normalized spacial score (nSPS) is 15.5. The Balaban J connectivity index is 1.71. The first-order chi connectivity index (χ1) is 16.5. The summed E-state index contributed by atoms with van der Waals surface area (Å²) in [4.78, 5) is 13.0. The minimum Gasteiger partial charge on any atom is -0.379 e. The molecule has 1 amide bonds. The third-order valence-electron chi connectivity index (χ3n) is 5.68. The highest BCUT2D eigenvalue weighted by molar-refractivity contribution is 7.89. The number of aryl methyl sites for hydroxylation is 1. The summed E-state index contributed by atoms with van der Waals surface area (Å²) >= 11 is 0. The Hall–Kier alpha value is -2.31. The lowest BCUT2D eigenvalue weighted by atomic mass is 10.1. The molecule has 1 N–H and O–H groups in total. The van der Waals surface area contributed by atoms with Crippen LogP contribution in [0.3, 0.4) is 0 Å². The number of anilines is 1. The number of morpholine rings is 1. The molecule has 0 unspecified atom stereocenters. The first kappa shape index (κ1) is 27.3. The second kappa shape index (κ2) is 11.6. The van der Waals surface area contributed by atoms with Crippen molar-refractivity contribution in [3.05, 3.63) is 54.1 Å². The summed E-state index contributed by atoms with van der Waals surface area (Å²) in [6.07, 6.45) is 0.604. The Bertz CT molecular complexity index is 1200. The van der Waals surface area contributed by atoms with Crippen molar-refractivity contribution in [2.24, 2.45) is 5.92 Å². The molecule has 2 aromatic carbocycles. The topological polar surface area (TPSA) is 113 Å². The number of nitrogens with one attached hydrogen (secondary N) is 1. The van der Waals surface area contributed by atoms with Crippen molar-refractivity contribution in [2.75, 3.05) is 44.7 Å². The Morgan fingerprint density at radius 1 is 0.971 bits per heavy atom. The Labute approximate surface area is 208 Å². The third-order valence-corrected chi connectivity index (χ3v) is 9.45. The fourth-order valence-corrected chi connectivity index (χ4v) is 6.37. The second-order valence-corrected chi connectivity index (χ2v) is 12.8. The molecule has 0 radical (unpaired) electrons. The number of amides is 1. The highest BCUT2D eigenvalue weighted by Crippen LogP contribution is 2.21. The number of ether oxygens (including phenoxy) is 1. The lowest BCUT2D eigenvalue weighted by Gasteiger charge is -2.26. The van der Waals surface area contributed by atoms with Gasteiger partial charge >= 0.3 is 0 Å². The largest absolute Gasteiger partial charge is 0.379 e. The second-order valence-electron chi connectivity index (χ2n) is 8.92. The first-order valence-corrected chi connectivity index (χ1v) is 14.4. The maximum absolute atomic E-state index is 13.2. The molecule has 1 aliphatic rings. The number of carbonyl (C=O) groups is 1. The van der Waals surface area contributed by atoms with Gasteiger partial charge in [0.1, 0.15) is 0 Å². The van der Waals surface area contributed by atoms with Crippen LogP contribution >= 0.6 is 0 Å². The van der Waals surface area contributed by atoms with Crippen molar-refractivity contribution in [1.82, 2.24) is 8.61 Å². The molecule has 0 bridgehead atoms. The maximum Gasteiger partial charge on any atom is 0.243 e. The molecule has 1 aliphatic heterocycles. The van der Waals surface area contributed by atoms with E-state index in [2.05, 4.69) is 5.32 Å². The predicted molar refractivity (Wildman–Crippen MR) is 134 cm³/mol. The number of nitrogens with zero attached hydrogens (tertiary/aromatic N) is 2. The fraction of sp³-hybridized carbons (Fsp3) is 0.458. The Kier molecular flexibility index (Phi) is 9.05. The molecule has 0 aromatic heterocycles. The third kappa shape index (κ3) is 7.11. The van der Waals surface area contributed by atoms with E-state index in [1.165, 1.54) is 32.9 Å². The van der Waals surface area contributed by atoms with Gasteiger partial charge in [-0.15, -0.1) is 0 Å². The van der Waals surface area contributed by atoms with Crippen molar-refractivity contribution in [3.8, 4) is 0 Å². The summed E-state index contributed by atoms with van der Waals surface area (Å²) in [7, 11) is -7.50. The van der Waals surface area contributed by atoms with Gasteiger partial charge in [-0.25, -0.2) is 16.8 Å². The summed E-state index contributed by atoms with van der Waals surface area (Å²) < 4.78 is 59.7. The molecule has 0 saturated carbocycles. The van der Waals surface area contributed by atoms with E-state index in [9.17, 15) is 21.6 Å². The minimum absolute atomic E-state index is 0.123. The molecule has 3 rings (SSSR count). The van der Waals surface area contributed by atoms with Crippen molar-refractivity contribution < 1.29 is 26.4 Å². The zero-order valence-electron chi connectivity index (χ0n) is 20.3. The Morgan fingerprint density at radius 3 is 2.11 bits per heavy atom. The van der Waals surface area contributed by atoms with Crippen molar-refractivity contribution in [1.29, 1.82) is 0 Å². The van der Waals surface area contributed by atoms with Crippen molar-refractivity contribution in [3.63, 3.8) is 0 Å². The molecule has 2 aromatic rings. The standard InChI is InChI=1S/C24H33N3O6S2/c1-19(2)12-13-27(35(31,32)22-8-4-20(3)5-9-22)18-24(28)25-21-6-10-23(11-7-21)34(29,30)26-14-16-33-17-15-26/h4-11,19H,12-18H2,1-3H3,(H,25,28). The molecular weight excluding hydrogens is 490 g/mol. The van der Waals surface area contributed by atoms with Crippen LogP contribution in [0.5, 0.6) is 0 Å². The van der Waals surface area contributed by atoms with Gasteiger partial charge in [0.05, 0.1) is 29.5 Å². The fourth-order valence-electron chi connectivity index (χ4n) is 3.55. The van der Waals surface area contributed by atoms with Gasteiger partial charge < -0.3 is 10.1 Å². The predicted octanol–water partition coefficient (Wildman–Crippen LogP) is 2.69. The van der Waals surface area contributed by atoms with Crippen LogP contribution in [0, 0.1) is 12.8 Å². The van der Waals surface area contributed by atoms with Gasteiger partial charge in [0.15, 0.2) is 0 Å². The van der Waals surface area contributed by atoms with E-state index in [1.54, 1.807) is 24.3 Å². The van der Waals surface area contributed by atoms with E-state index in [0.29, 0.717) is 38.4 Å². The number of benzene rings is 2. The average Bonchev–Trinajstić information content (AvgIpc) is 2.82. The summed E-state index contributed by atoms with van der Waals surface area (Å²) in [5.41, 5.74) is 1.32. The SMILES string of the molecule is Cc1ccc(S(=O)(=O)N(CCC(C)C)CC(=O)Nc2ccc(S(=O)(=O)N3CCOCC3)cc2)cc1. The summed E-state index contributed by atoms with van der Waals surface area (Å²) in [6, 6.07) is 12.4. The molecule has 192 valence electrons. The van der Waals surface area contributed by atoms with Gasteiger partial charge in [0.25, 0.3) is 0 Å². The molecule has 35 heavy (non-hydrogen) atoms. The van der Waals surface area contributed by atoms with E-state index < -0.39 is 26.0 Å². The van der Waals surface area contributed by atoms with E-state index in [-0.39, 0.29) is 28.8 Å². The smallest absolute Gasteiger partial charge is 0.243 e. The van der Waals surface area contributed by atoms with E-state index in [1.807, 2.05) is 20.8 Å². The average molecular weight is 524 g/mol. The lowest BCUT2D eigenvalue weighted by Crippen LogP contribution is -2.40. The van der Waals surface area contributed by atoms with Gasteiger partial charge in [0.2, 0.25) is 26.0 Å². The van der Waals surface area contributed by atoms with Crippen LogP contribution in [0.25, 0.3) is 0 Å². The van der Waals surface area contributed by atoms with Crippen molar-refractivity contribution in [2.45, 2.75) is 37.0 Å². The quantitative estimate of drug-likeness (QED) is 0.512. The van der Waals surface area contributed by atoms with Gasteiger partial charge in [-0.3, -0.25) is 4.79 Å². The van der Waals surface area contributed by atoms with Gasteiger partial charge in [-0.1, -0.05) is 31.5 Å². The summed E-state index contributed by atoms with van der Waals surface area (Å²) in [6.45, 7) is 7.00. The zero-order chi connectivity index (χ0) is 25.6. The van der Waals surface area contributed by atoms with Crippen LogP contribution in [-0.4, -0.2) is 70.7 Å². The first-order valence-electron chi connectivity index (χ1n) is 11.5. The van der Waals surface area contributed by atoms with Crippen LogP contribution in [0.15, 0.2) is 58.3 Å². The number of carbonyl (C=O) groups excluding carboxylic acids is 1. The molecule has 0 aliphatic carbocycles. The highest BCUT2D eigenvalue weighted by atomic mass is 32.2. The number of hydrogen-bond donors (Lipinski definition) is 1. The molecule has 9 nitrogen and oxygen atoms in total.